The smallest absolute Gasteiger partial charge is 0.126 e. The fraction of sp³-hybridized carbons (Fsp3) is 0.462. The van der Waals surface area contributed by atoms with Crippen molar-refractivity contribution in [2.75, 3.05) is 0 Å². The van der Waals surface area contributed by atoms with E-state index < -0.39 is 17.6 Å². The van der Waals surface area contributed by atoms with Gasteiger partial charge in [0.1, 0.15) is 11.6 Å². The molecular weight excluding hydrogens is 208 g/mol. The number of halogens is 2. The lowest BCUT2D eigenvalue weighted by atomic mass is 9.83. The molecule has 0 fully saturated rings. The van der Waals surface area contributed by atoms with Gasteiger partial charge in [-0.15, -0.1) is 0 Å². The molecule has 0 amide bonds. The van der Waals surface area contributed by atoms with Gasteiger partial charge in [0.15, 0.2) is 0 Å². The number of nitriles is 1. The average Bonchev–Trinajstić information content (AvgIpc) is 2.24. The average molecular weight is 223 g/mol. The van der Waals surface area contributed by atoms with Crippen LogP contribution in [-0.4, -0.2) is 0 Å². The molecule has 1 aromatic rings. The van der Waals surface area contributed by atoms with Crippen molar-refractivity contribution in [1.82, 2.24) is 0 Å². The van der Waals surface area contributed by atoms with Gasteiger partial charge in [-0.2, -0.15) is 5.26 Å². The molecule has 1 atom stereocenters. The fourth-order valence-electron chi connectivity index (χ4n) is 1.97. The molecule has 3 heteroatoms. The first-order valence-corrected chi connectivity index (χ1v) is 5.48. The second-order valence-electron chi connectivity index (χ2n) is 3.89. The van der Waals surface area contributed by atoms with Gasteiger partial charge in [-0.25, -0.2) is 8.78 Å². The molecule has 0 bridgehead atoms. The molecule has 0 aliphatic carbocycles. The molecule has 0 aliphatic heterocycles. The molecule has 0 spiro atoms. The summed E-state index contributed by atoms with van der Waals surface area (Å²) in [4.78, 5) is 0. The maximum absolute atomic E-state index is 13.0. The van der Waals surface area contributed by atoms with Crippen LogP contribution in [0.4, 0.5) is 8.78 Å². The van der Waals surface area contributed by atoms with Gasteiger partial charge in [0.25, 0.3) is 0 Å². The lowest BCUT2D eigenvalue weighted by molar-refractivity contribution is 0.449. The largest absolute Gasteiger partial charge is 0.207 e. The minimum absolute atomic E-state index is 0.145. The first kappa shape index (κ1) is 12.6. The second kappa shape index (κ2) is 5.60. The molecule has 0 aromatic heterocycles. The molecule has 0 saturated heterocycles. The van der Waals surface area contributed by atoms with E-state index in [1.54, 1.807) is 0 Å². The third kappa shape index (κ3) is 2.79. The van der Waals surface area contributed by atoms with E-state index in [2.05, 4.69) is 6.07 Å². The molecule has 0 saturated carbocycles. The Labute approximate surface area is 94.7 Å². The van der Waals surface area contributed by atoms with Crippen LogP contribution < -0.4 is 0 Å². The summed E-state index contributed by atoms with van der Waals surface area (Å²) in [5.41, 5.74) is 0.439. The first-order chi connectivity index (χ1) is 7.62. The van der Waals surface area contributed by atoms with E-state index in [0.29, 0.717) is 5.56 Å². The first-order valence-electron chi connectivity index (χ1n) is 5.48. The standard InChI is InChI=1S/C13H15F2N/c1-3-9(4-2)13(8-16)10-5-11(14)7-12(15)6-10/h5-7,9,13H,3-4H2,1-2H3. The van der Waals surface area contributed by atoms with Crippen LogP contribution in [0.15, 0.2) is 18.2 Å². The van der Waals surface area contributed by atoms with Crippen LogP contribution in [0.25, 0.3) is 0 Å². The number of hydrogen-bond acceptors (Lipinski definition) is 1. The van der Waals surface area contributed by atoms with Crippen molar-refractivity contribution in [3.8, 4) is 6.07 Å². The number of hydrogen-bond donors (Lipinski definition) is 0. The highest BCUT2D eigenvalue weighted by Gasteiger charge is 2.21. The Hall–Kier alpha value is -1.43. The van der Waals surface area contributed by atoms with Crippen molar-refractivity contribution < 1.29 is 8.78 Å². The molecule has 1 nitrogen and oxygen atoms in total. The molecule has 86 valence electrons. The predicted molar refractivity (Wildman–Crippen MR) is 58.8 cm³/mol. The van der Waals surface area contributed by atoms with E-state index in [-0.39, 0.29) is 5.92 Å². The monoisotopic (exact) mass is 223 g/mol. The van der Waals surface area contributed by atoms with Crippen LogP contribution in [0.1, 0.15) is 38.2 Å². The van der Waals surface area contributed by atoms with E-state index in [0.717, 1.165) is 18.9 Å². The maximum Gasteiger partial charge on any atom is 0.126 e. The molecule has 1 unspecified atom stereocenters. The Morgan fingerprint density at radius 3 is 2.00 bits per heavy atom. The Balaban J connectivity index is 3.08. The third-order valence-corrected chi connectivity index (χ3v) is 2.90. The number of rotatable bonds is 4. The normalized spacial score (nSPS) is 12.5. The van der Waals surface area contributed by atoms with Crippen LogP contribution in [-0.2, 0) is 0 Å². The summed E-state index contributed by atoms with van der Waals surface area (Å²) in [5.74, 6) is -1.53. The van der Waals surface area contributed by atoms with Crippen molar-refractivity contribution in [2.45, 2.75) is 32.6 Å². The molecule has 0 aliphatic rings. The van der Waals surface area contributed by atoms with Gasteiger partial charge in [0.2, 0.25) is 0 Å². The molecule has 1 rings (SSSR count). The maximum atomic E-state index is 13.0. The number of nitrogens with zero attached hydrogens (tertiary/aromatic N) is 1. The summed E-state index contributed by atoms with van der Waals surface area (Å²) >= 11 is 0. The van der Waals surface area contributed by atoms with Gasteiger partial charge in [-0.3, -0.25) is 0 Å². The molecule has 0 radical (unpaired) electrons. The van der Waals surface area contributed by atoms with Gasteiger partial charge in [0.05, 0.1) is 12.0 Å². The summed E-state index contributed by atoms with van der Waals surface area (Å²) in [5, 5.41) is 9.10. The summed E-state index contributed by atoms with van der Waals surface area (Å²) in [7, 11) is 0. The van der Waals surface area contributed by atoms with E-state index in [4.69, 9.17) is 5.26 Å². The lowest BCUT2D eigenvalue weighted by Crippen LogP contribution is -2.10. The van der Waals surface area contributed by atoms with E-state index >= 15 is 0 Å². The predicted octanol–water partition coefficient (Wildman–Crippen LogP) is 4.01. The third-order valence-electron chi connectivity index (χ3n) is 2.90. The lowest BCUT2D eigenvalue weighted by Gasteiger charge is -2.19. The summed E-state index contributed by atoms with van der Waals surface area (Å²) in [6.45, 7) is 3.96. The van der Waals surface area contributed by atoms with Crippen LogP contribution >= 0.6 is 0 Å². The quantitative estimate of drug-likeness (QED) is 0.756. The summed E-state index contributed by atoms with van der Waals surface area (Å²) < 4.78 is 26.1. The summed E-state index contributed by atoms with van der Waals surface area (Å²) in [6.07, 6.45) is 1.65. The zero-order valence-corrected chi connectivity index (χ0v) is 9.50. The van der Waals surface area contributed by atoms with Crippen molar-refractivity contribution >= 4 is 0 Å². The molecule has 0 heterocycles. The fourth-order valence-corrected chi connectivity index (χ4v) is 1.97. The molecule has 1 aromatic carbocycles. The van der Waals surface area contributed by atoms with Gasteiger partial charge in [-0.05, 0) is 23.6 Å². The zero-order chi connectivity index (χ0) is 12.1. The number of benzene rings is 1. The van der Waals surface area contributed by atoms with Gasteiger partial charge in [-0.1, -0.05) is 26.7 Å². The van der Waals surface area contributed by atoms with Crippen molar-refractivity contribution in [3.63, 3.8) is 0 Å². The Bertz CT molecular complexity index is 371. The topological polar surface area (TPSA) is 23.8 Å². The molecular formula is C13H15F2N. The highest BCUT2D eigenvalue weighted by molar-refractivity contribution is 5.27. The van der Waals surface area contributed by atoms with E-state index in [1.165, 1.54) is 12.1 Å². The summed E-state index contributed by atoms with van der Waals surface area (Å²) in [6, 6.07) is 5.46. The minimum atomic E-state index is -0.624. The Morgan fingerprint density at radius 2 is 1.62 bits per heavy atom. The van der Waals surface area contributed by atoms with Gasteiger partial charge in [0, 0.05) is 6.07 Å². The van der Waals surface area contributed by atoms with Crippen molar-refractivity contribution in [3.05, 3.63) is 35.4 Å². The van der Waals surface area contributed by atoms with Crippen molar-refractivity contribution in [2.24, 2.45) is 5.92 Å². The van der Waals surface area contributed by atoms with E-state index in [9.17, 15) is 8.78 Å². The van der Waals surface area contributed by atoms with Gasteiger partial charge < -0.3 is 0 Å². The van der Waals surface area contributed by atoms with E-state index in [1.807, 2.05) is 13.8 Å². The SMILES string of the molecule is CCC(CC)C(C#N)c1cc(F)cc(F)c1. The highest BCUT2D eigenvalue weighted by atomic mass is 19.1. The highest BCUT2D eigenvalue weighted by Crippen LogP contribution is 2.29. The van der Waals surface area contributed by atoms with Crippen molar-refractivity contribution in [1.29, 1.82) is 5.26 Å². The Kier molecular flexibility index (Phi) is 4.42. The van der Waals surface area contributed by atoms with Crippen LogP contribution in [0.3, 0.4) is 0 Å². The Morgan fingerprint density at radius 1 is 1.12 bits per heavy atom. The minimum Gasteiger partial charge on any atom is -0.207 e. The van der Waals surface area contributed by atoms with Crippen LogP contribution in [0.2, 0.25) is 0 Å². The van der Waals surface area contributed by atoms with Gasteiger partial charge >= 0.3 is 0 Å². The molecule has 0 N–H and O–H groups in total. The van der Waals surface area contributed by atoms with Crippen LogP contribution in [0, 0.1) is 28.9 Å². The van der Waals surface area contributed by atoms with Crippen LogP contribution in [0.5, 0.6) is 0 Å². The zero-order valence-electron chi connectivity index (χ0n) is 9.50. The second-order valence-corrected chi connectivity index (χ2v) is 3.89. The molecule has 16 heavy (non-hydrogen) atoms.